The molecule has 0 bridgehead atoms. The van der Waals surface area contributed by atoms with Gasteiger partial charge in [0.15, 0.2) is 5.82 Å². The number of anilines is 1. The Labute approximate surface area is 142 Å². The van der Waals surface area contributed by atoms with Crippen molar-refractivity contribution in [2.75, 3.05) is 5.32 Å². The maximum atomic E-state index is 14.1. The summed E-state index contributed by atoms with van der Waals surface area (Å²) in [5.74, 6) is -0.535. The van der Waals surface area contributed by atoms with Crippen molar-refractivity contribution in [1.29, 1.82) is 0 Å². The molecule has 0 saturated carbocycles. The van der Waals surface area contributed by atoms with Gasteiger partial charge < -0.3 is 10.3 Å². The standard InChI is InChI=1S/C18H14FN5O/c1-10-5-4-6-11(15(10)19)18(25)23-14-9-20-24-16(14)17-21-12-7-2-3-8-13(12)22-17/h2-9H,1H3,(H,20,24)(H,21,22)(H,23,25). The van der Waals surface area contributed by atoms with Crippen LogP contribution in [0.5, 0.6) is 0 Å². The second kappa shape index (κ2) is 5.86. The van der Waals surface area contributed by atoms with E-state index in [2.05, 4.69) is 25.5 Å². The number of para-hydroxylation sites is 2. The summed E-state index contributed by atoms with van der Waals surface area (Å²) in [4.78, 5) is 20.1. The Morgan fingerprint density at radius 3 is 2.84 bits per heavy atom. The van der Waals surface area contributed by atoms with Crippen LogP contribution in [0.15, 0.2) is 48.7 Å². The molecule has 0 aliphatic carbocycles. The predicted molar refractivity (Wildman–Crippen MR) is 92.8 cm³/mol. The highest BCUT2D eigenvalue weighted by molar-refractivity contribution is 6.06. The van der Waals surface area contributed by atoms with E-state index in [1.54, 1.807) is 19.1 Å². The molecule has 2 aromatic heterocycles. The number of H-pyrrole nitrogens is 2. The van der Waals surface area contributed by atoms with Gasteiger partial charge in [0.05, 0.1) is 28.5 Å². The van der Waals surface area contributed by atoms with Crippen LogP contribution in [0.4, 0.5) is 10.1 Å². The number of benzene rings is 2. The lowest BCUT2D eigenvalue weighted by Gasteiger charge is -2.07. The smallest absolute Gasteiger partial charge is 0.258 e. The van der Waals surface area contributed by atoms with Gasteiger partial charge in [-0.05, 0) is 30.7 Å². The Morgan fingerprint density at radius 1 is 1.16 bits per heavy atom. The molecule has 7 heteroatoms. The summed E-state index contributed by atoms with van der Waals surface area (Å²) in [5, 5.41) is 9.46. The van der Waals surface area contributed by atoms with E-state index in [9.17, 15) is 9.18 Å². The number of nitrogens with zero attached hydrogens (tertiary/aromatic N) is 2. The van der Waals surface area contributed by atoms with E-state index < -0.39 is 11.7 Å². The molecule has 0 atom stereocenters. The van der Waals surface area contributed by atoms with Crippen molar-refractivity contribution in [3.05, 3.63) is 65.6 Å². The lowest BCUT2D eigenvalue weighted by molar-refractivity contribution is 0.102. The van der Waals surface area contributed by atoms with Crippen LogP contribution >= 0.6 is 0 Å². The molecule has 1 amide bonds. The van der Waals surface area contributed by atoms with Gasteiger partial charge in [-0.15, -0.1) is 0 Å². The van der Waals surface area contributed by atoms with Crippen LogP contribution in [0.25, 0.3) is 22.6 Å². The Bertz CT molecular complexity index is 1050. The van der Waals surface area contributed by atoms with Gasteiger partial charge in [0, 0.05) is 0 Å². The molecule has 3 N–H and O–H groups in total. The van der Waals surface area contributed by atoms with Crippen molar-refractivity contribution in [3.8, 4) is 11.5 Å². The predicted octanol–water partition coefficient (Wildman–Crippen LogP) is 3.65. The normalized spacial score (nSPS) is 11.0. The van der Waals surface area contributed by atoms with Gasteiger partial charge in [-0.2, -0.15) is 5.10 Å². The Hall–Kier alpha value is -3.48. The fourth-order valence-electron chi connectivity index (χ4n) is 2.65. The molecule has 0 unspecified atom stereocenters. The highest BCUT2D eigenvalue weighted by atomic mass is 19.1. The SMILES string of the molecule is Cc1cccc(C(=O)Nc2cn[nH]c2-c2nc3ccccc3[nH]2)c1F. The number of hydrogen-bond donors (Lipinski definition) is 3. The van der Waals surface area contributed by atoms with Gasteiger partial charge in [-0.1, -0.05) is 24.3 Å². The van der Waals surface area contributed by atoms with Crippen molar-refractivity contribution in [1.82, 2.24) is 20.2 Å². The highest BCUT2D eigenvalue weighted by Gasteiger charge is 2.18. The third-order valence-corrected chi connectivity index (χ3v) is 3.95. The fourth-order valence-corrected chi connectivity index (χ4v) is 2.65. The number of halogens is 1. The minimum Gasteiger partial charge on any atom is -0.337 e. The largest absolute Gasteiger partial charge is 0.337 e. The molecule has 4 rings (SSSR count). The minimum atomic E-state index is -0.542. The van der Waals surface area contributed by atoms with E-state index in [4.69, 9.17) is 0 Å². The quantitative estimate of drug-likeness (QED) is 0.534. The molecule has 0 aliphatic rings. The fraction of sp³-hybridized carbons (Fsp3) is 0.0556. The molecule has 6 nitrogen and oxygen atoms in total. The van der Waals surface area contributed by atoms with Gasteiger partial charge in [-0.25, -0.2) is 9.37 Å². The Morgan fingerprint density at radius 2 is 2.00 bits per heavy atom. The van der Waals surface area contributed by atoms with Gasteiger partial charge in [0.25, 0.3) is 5.91 Å². The molecule has 0 radical (unpaired) electrons. The van der Waals surface area contributed by atoms with Crippen LogP contribution in [0, 0.1) is 12.7 Å². The van der Waals surface area contributed by atoms with E-state index in [0.717, 1.165) is 11.0 Å². The second-order valence-electron chi connectivity index (χ2n) is 5.65. The zero-order valence-corrected chi connectivity index (χ0v) is 13.3. The zero-order valence-electron chi connectivity index (χ0n) is 13.3. The molecule has 124 valence electrons. The summed E-state index contributed by atoms with van der Waals surface area (Å²) < 4.78 is 14.1. The maximum Gasteiger partial charge on any atom is 0.258 e. The maximum absolute atomic E-state index is 14.1. The summed E-state index contributed by atoms with van der Waals surface area (Å²) in [6.07, 6.45) is 1.47. The summed E-state index contributed by atoms with van der Waals surface area (Å²) >= 11 is 0. The molecule has 25 heavy (non-hydrogen) atoms. The minimum absolute atomic E-state index is 0.0169. The first-order valence-electron chi connectivity index (χ1n) is 7.68. The molecule has 0 fully saturated rings. The average Bonchev–Trinajstić information content (AvgIpc) is 3.23. The number of aromatic amines is 2. The van der Waals surface area contributed by atoms with Crippen LogP contribution in [-0.4, -0.2) is 26.1 Å². The van der Waals surface area contributed by atoms with Crippen molar-refractivity contribution in [2.24, 2.45) is 0 Å². The third kappa shape index (κ3) is 2.65. The van der Waals surface area contributed by atoms with E-state index in [1.165, 1.54) is 12.3 Å². The molecular formula is C18H14FN5O. The van der Waals surface area contributed by atoms with Gasteiger partial charge in [-0.3, -0.25) is 9.89 Å². The summed E-state index contributed by atoms with van der Waals surface area (Å²) in [7, 11) is 0. The van der Waals surface area contributed by atoms with Crippen LogP contribution in [-0.2, 0) is 0 Å². The number of imidazole rings is 1. The van der Waals surface area contributed by atoms with Crippen molar-refractivity contribution < 1.29 is 9.18 Å². The number of carbonyl (C=O) groups is 1. The van der Waals surface area contributed by atoms with Crippen LogP contribution < -0.4 is 5.32 Å². The topological polar surface area (TPSA) is 86.5 Å². The van der Waals surface area contributed by atoms with Crippen LogP contribution in [0.1, 0.15) is 15.9 Å². The first kappa shape index (κ1) is 15.1. The summed E-state index contributed by atoms with van der Waals surface area (Å²) in [6.45, 7) is 1.61. The van der Waals surface area contributed by atoms with Crippen LogP contribution in [0.2, 0.25) is 0 Å². The van der Waals surface area contributed by atoms with Crippen molar-refractivity contribution >= 4 is 22.6 Å². The molecule has 2 heterocycles. The lowest BCUT2D eigenvalue weighted by Crippen LogP contribution is -2.14. The zero-order chi connectivity index (χ0) is 17.4. The molecule has 2 aromatic carbocycles. The molecular weight excluding hydrogens is 321 g/mol. The second-order valence-corrected chi connectivity index (χ2v) is 5.65. The molecule has 0 saturated heterocycles. The Kier molecular flexibility index (Phi) is 3.53. The van der Waals surface area contributed by atoms with Crippen molar-refractivity contribution in [3.63, 3.8) is 0 Å². The van der Waals surface area contributed by atoms with Crippen LogP contribution in [0.3, 0.4) is 0 Å². The number of hydrogen-bond acceptors (Lipinski definition) is 3. The number of amides is 1. The number of rotatable bonds is 3. The average molecular weight is 335 g/mol. The van der Waals surface area contributed by atoms with Gasteiger partial charge in [0.2, 0.25) is 0 Å². The van der Waals surface area contributed by atoms with Gasteiger partial charge in [0.1, 0.15) is 11.5 Å². The molecule has 0 spiro atoms. The number of nitrogens with one attached hydrogen (secondary N) is 3. The molecule has 4 aromatic rings. The number of aromatic nitrogens is 4. The number of carbonyl (C=O) groups excluding carboxylic acids is 1. The van der Waals surface area contributed by atoms with E-state index >= 15 is 0 Å². The summed E-state index contributed by atoms with van der Waals surface area (Å²) in [5.41, 5.74) is 3.01. The number of fused-ring (bicyclic) bond motifs is 1. The molecule has 0 aliphatic heterocycles. The van der Waals surface area contributed by atoms with E-state index in [0.29, 0.717) is 22.8 Å². The van der Waals surface area contributed by atoms with E-state index in [1.807, 2.05) is 24.3 Å². The highest BCUT2D eigenvalue weighted by Crippen LogP contribution is 2.26. The summed E-state index contributed by atoms with van der Waals surface area (Å²) in [6, 6.07) is 12.3. The first-order valence-corrected chi connectivity index (χ1v) is 7.68. The monoisotopic (exact) mass is 335 g/mol. The van der Waals surface area contributed by atoms with Crippen molar-refractivity contribution in [2.45, 2.75) is 6.92 Å². The van der Waals surface area contributed by atoms with Gasteiger partial charge >= 0.3 is 0 Å². The number of aryl methyl sites for hydroxylation is 1. The third-order valence-electron chi connectivity index (χ3n) is 3.95. The lowest BCUT2D eigenvalue weighted by atomic mass is 10.1. The Balaban J connectivity index is 1.68. The van der Waals surface area contributed by atoms with E-state index in [-0.39, 0.29) is 5.56 Å². The first-order chi connectivity index (χ1) is 12.1.